The molecule has 0 radical (unpaired) electrons. The van der Waals surface area contributed by atoms with Crippen molar-refractivity contribution >= 4 is 11.9 Å². The zero-order chi connectivity index (χ0) is 22.4. The number of allylic oxidation sites excluding steroid dienone is 2. The van der Waals surface area contributed by atoms with Gasteiger partial charge in [0.1, 0.15) is 5.75 Å². The minimum Gasteiger partial charge on any atom is -0.496 e. The van der Waals surface area contributed by atoms with Crippen LogP contribution in [-0.4, -0.2) is 46.5 Å². The lowest BCUT2D eigenvalue weighted by atomic mass is 9.79. The summed E-state index contributed by atoms with van der Waals surface area (Å²) >= 11 is 0. The Morgan fingerprint density at radius 3 is 1.63 bits per heavy atom. The zero-order valence-electron chi connectivity index (χ0n) is 18.5. The fourth-order valence-corrected chi connectivity index (χ4v) is 3.54. The van der Waals surface area contributed by atoms with Gasteiger partial charge in [-0.25, -0.2) is 9.59 Å². The molecule has 1 aliphatic heterocycles. The highest BCUT2D eigenvalue weighted by Crippen LogP contribution is 2.46. The first-order valence-electron chi connectivity index (χ1n) is 9.67. The lowest BCUT2D eigenvalue weighted by Crippen LogP contribution is -2.32. The number of dihydropyridines is 1. The first kappa shape index (κ1) is 23.1. The third-order valence-electron chi connectivity index (χ3n) is 4.80. The zero-order valence-corrected chi connectivity index (χ0v) is 18.5. The van der Waals surface area contributed by atoms with Gasteiger partial charge in [-0.05, 0) is 33.8 Å². The number of methoxy groups -OCH3 is 3. The molecule has 0 unspecified atom stereocenters. The van der Waals surface area contributed by atoms with E-state index >= 15 is 0 Å². The molecule has 0 spiro atoms. The first-order chi connectivity index (χ1) is 14.3. The predicted molar refractivity (Wildman–Crippen MR) is 111 cm³/mol. The van der Waals surface area contributed by atoms with Gasteiger partial charge in [0.05, 0.1) is 51.6 Å². The Labute approximate surface area is 176 Å². The van der Waals surface area contributed by atoms with Gasteiger partial charge in [0.15, 0.2) is 11.5 Å². The number of ether oxygens (including phenoxy) is 5. The highest BCUT2D eigenvalue weighted by molar-refractivity contribution is 6.00. The number of hydrogen-bond acceptors (Lipinski definition) is 8. The van der Waals surface area contributed by atoms with Crippen molar-refractivity contribution in [1.82, 2.24) is 5.32 Å². The summed E-state index contributed by atoms with van der Waals surface area (Å²) in [4.78, 5) is 25.8. The molecule has 0 atom stereocenters. The first-order valence-corrected chi connectivity index (χ1v) is 9.67. The van der Waals surface area contributed by atoms with Crippen LogP contribution in [0.3, 0.4) is 0 Å². The molecule has 2 rings (SSSR count). The summed E-state index contributed by atoms with van der Waals surface area (Å²) < 4.78 is 27.0. The third kappa shape index (κ3) is 4.37. The average molecular weight is 419 g/mol. The molecule has 0 fully saturated rings. The molecule has 0 amide bonds. The van der Waals surface area contributed by atoms with E-state index < -0.39 is 17.9 Å². The van der Waals surface area contributed by atoms with Crippen LogP contribution in [0.2, 0.25) is 0 Å². The summed E-state index contributed by atoms with van der Waals surface area (Å²) in [5, 5.41) is 3.11. The fourth-order valence-electron chi connectivity index (χ4n) is 3.54. The average Bonchev–Trinajstić information content (AvgIpc) is 2.72. The van der Waals surface area contributed by atoms with Crippen molar-refractivity contribution in [2.75, 3.05) is 34.5 Å². The Balaban J connectivity index is 2.82. The Hall–Kier alpha value is -3.16. The quantitative estimate of drug-likeness (QED) is 0.643. The van der Waals surface area contributed by atoms with Crippen LogP contribution in [0.15, 0.2) is 34.7 Å². The van der Waals surface area contributed by atoms with Crippen molar-refractivity contribution in [3.63, 3.8) is 0 Å². The molecule has 8 nitrogen and oxygen atoms in total. The second-order valence-electron chi connectivity index (χ2n) is 6.53. The van der Waals surface area contributed by atoms with Gasteiger partial charge in [-0.1, -0.05) is 0 Å². The molecule has 0 saturated carbocycles. The van der Waals surface area contributed by atoms with Crippen LogP contribution in [0, 0.1) is 0 Å². The van der Waals surface area contributed by atoms with E-state index in [4.69, 9.17) is 23.7 Å². The number of rotatable bonds is 8. The molecule has 1 aromatic rings. The van der Waals surface area contributed by atoms with Crippen LogP contribution in [0.1, 0.15) is 39.2 Å². The molecule has 0 saturated heterocycles. The smallest absolute Gasteiger partial charge is 0.336 e. The van der Waals surface area contributed by atoms with Gasteiger partial charge in [-0.3, -0.25) is 0 Å². The van der Waals surface area contributed by atoms with Crippen molar-refractivity contribution < 1.29 is 33.3 Å². The maximum Gasteiger partial charge on any atom is 0.336 e. The summed E-state index contributed by atoms with van der Waals surface area (Å²) in [6, 6.07) is 3.36. The van der Waals surface area contributed by atoms with Crippen LogP contribution in [0.4, 0.5) is 0 Å². The third-order valence-corrected chi connectivity index (χ3v) is 4.80. The number of nitrogens with one attached hydrogen (secondary N) is 1. The van der Waals surface area contributed by atoms with Gasteiger partial charge in [0, 0.05) is 23.0 Å². The topological polar surface area (TPSA) is 92.3 Å². The van der Waals surface area contributed by atoms with Crippen molar-refractivity contribution in [3.05, 3.63) is 40.2 Å². The summed E-state index contributed by atoms with van der Waals surface area (Å²) in [5.41, 5.74) is 2.33. The number of esters is 2. The summed E-state index contributed by atoms with van der Waals surface area (Å²) in [6.07, 6.45) is 0. The summed E-state index contributed by atoms with van der Waals surface area (Å²) in [5.74, 6) is -0.502. The Morgan fingerprint density at radius 1 is 0.800 bits per heavy atom. The fraction of sp³-hybridized carbons (Fsp3) is 0.455. The number of carbonyl (C=O) groups excluding carboxylic acids is 2. The van der Waals surface area contributed by atoms with Crippen LogP contribution in [0.5, 0.6) is 17.2 Å². The molecule has 1 heterocycles. The molecule has 30 heavy (non-hydrogen) atoms. The van der Waals surface area contributed by atoms with Gasteiger partial charge >= 0.3 is 11.9 Å². The molecular formula is C22H29NO7. The largest absolute Gasteiger partial charge is 0.496 e. The lowest BCUT2D eigenvalue weighted by molar-refractivity contribution is -0.139. The second-order valence-corrected chi connectivity index (χ2v) is 6.53. The highest BCUT2D eigenvalue weighted by atomic mass is 16.5. The van der Waals surface area contributed by atoms with E-state index in [-0.39, 0.29) is 13.2 Å². The van der Waals surface area contributed by atoms with Gasteiger partial charge in [-0.2, -0.15) is 0 Å². The SMILES string of the molecule is CCOC(=O)C1=C(C)NC(C)=C(C(=O)OCC)C1c1cc(OC)c(OC)cc1OC. The van der Waals surface area contributed by atoms with E-state index in [0.29, 0.717) is 45.4 Å². The maximum atomic E-state index is 12.9. The standard InChI is InChI=1S/C22H29NO7/c1-8-29-21(24)18-12(3)23-13(4)19(22(25)30-9-2)20(18)14-10-16(27-6)17(28-7)11-15(14)26-5/h10-11,20,23H,8-9H2,1-7H3. The molecule has 1 aliphatic rings. The second kappa shape index (κ2) is 10.0. The van der Waals surface area contributed by atoms with Crippen molar-refractivity contribution in [3.8, 4) is 17.2 Å². The van der Waals surface area contributed by atoms with Gasteiger partial charge in [-0.15, -0.1) is 0 Å². The summed E-state index contributed by atoms with van der Waals surface area (Å²) in [7, 11) is 4.54. The molecular weight excluding hydrogens is 390 g/mol. The highest BCUT2D eigenvalue weighted by Gasteiger charge is 2.40. The minimum atomic E-state index is -0.779. The number of hydrogen-bond donors (Lipinski definition) is 1. The Kier molecular flexibility index (Phi) is 7.74. The molecule has 0 aromatic heterocycles. The molecule has 8 heteroatoms. The Morgan fingerprint density at radius 2 is 1.23 bits per heavy atom. The van der Waals surface area contributed by atoms with Gasteiger partial charge in [0.2, 0.25) is 0 Å². The van der Waals surface area contributed by atoms with Crippen LogP contribution < -0.4 is 19.5 Å². The van der Waals surface area contributed by atoms with E-state index in [9.17, 15) is 9.59 Å². The van der Waals surface area contributed by atoms with Crippen LogP contribution >= 0.6 is 0 Å². The summed E-state index contributed by atoms with van der Waals surface area (Å²) in [6.45, 7) is 7.37. The minimum absolute atomic E-state index is 0.197. The van der Waals surface area contributed by atoms with Gasteiger partial charge < -0.3 is 29.0 Å². The predicted octanol–water partition coefficient (Wildman–Crippen LogP) is 3.07. The molecule has 1 N–H and O–H groups in total. The molecule has 164 valence electrons. The molecule has 1 aromatic carbocycles. The maximum absolute atomic E-state index is 12.9. The van der Waals surface area contributed by atoms with E-state index in [1.807, 2.05) is 0 Å². The van der Waals surface area contributed by atoms with Gasteiger partial charge in [0.25, 0.3) is 0 Å². The van der Waals surface area contributed by atoms with E-state index in [2.05, 4.69) is 5.32 Å². The van der Waals surface area contributed by atoms with Crippen molar-refractivity contribution in [2.24, 2.45) is 0 Å². The van der Waals surface area contributed by atoms with E-state index in [0.717, 1.165) is 0 Å². The molecule has 0 bridgehead atoms. The van der Waals surface area contributed by atoms with Crippen molar-refractivity contribution in [2.45, 2.75) is 33.6 Å². The normalized spacial score (nSPS) is 14.2. The van der Waals surface area contributed by atoms with Crippen LogP contribution in [0.25, 0.3) is 0 Å². The number of benzene rings is 1. The Bertz CT molecular complexity index is 846. The van der Waals surface area contributed by atoms with Crippen molar-refractivity contribution in [1.29, 1.82) is 0 Å². The lowest BCUT2D eigenvalue weighted by Gasteiger charge is -2.31. The van der Waals surface area contributed by atoms with E-state index in [1.54, 1.807) is 39.8 Å². The number of carbonyl (C=O) groups is 2. The molecule has 0 aliphatic carbocycles. The monoisotopic (exact) mass is 419 g/mol. The van der Waals surface area contributed by atoms with Crippen LogP contribution in [-0.2, 0) is 19.1 Å². The van der Waals surface area contributed by atoms with E-state index in [1.165, 1.54) is 21.3 Å².